The Balaban J connectivity index is 0.000000293. The monoisotopic (exact) mass is 239 g/mol. The molecular formula is C8H8F3NO4. The summed E-state index contributed by atoms with van der Waals surface area (Å²) < 4.78 is 31.7. The third kappa shape index (κ3) is 5.78. The van der Waals surface area contributed by atoms with Crippen LogP contribution in [0.3, 0.4) is 0 Å². The lowest BCUT2D eigenvalue weighted by atomic mass is 10.1. The van der Waals surface area contributed by atoms with Gasteiger partial charge in [-0.25, -0.2) is 4.79 Å². The van der Waals surface area contributed by atoms with E-state index in [4.69, 9.17) is 15.0 Å². The molecule has 1 rings (SSSR count). The highest BCUT2D eigenvalue weighted by Gasteiger charge is 2.38. The molecule has 0 saturated carbocycles. The van der Waals surface area contributed by atoms with Crippen molar-refractivity contribution in [3.63, 3.8) is 0 Å². The number of carboxylic acid groups (broad SMARTS) is 2. The topological polar surface area (TPSA) is 87.0 Å². The largest absolute Gasteiger partial charge is 0.490 e. The average molecular weight is 239 g/mol. The van der Waals surface area contributed by atoms with Crippen LogP contribution in [0.25, 0.3) is 0 Å². The Morgan fingerprint density at radius 2 is 1.81 bits per heavy atom. The Hall–Kier alpha value is -1.86. The van der Waals surface area contributed by atoms with Gasteiger partial charge in [0.25, 0.3) is 0 Å². The second-order valence-electron chi connectivity index (χ2n) is 2.65. The second-order valence-corrected chi connectivity index (χ2v) is 2.65. The average Bonchev–Trinajstić information content (AvgIpc) is 2.18. The van der Waals surface area contributed by atoms with Crippen LogP contribution in [0, 0.1) is 5.92 Å². The second kappa shape index (κ2) is 5.89. The third-order valence-corrected chi connectivity index (χ3v) is 1.40. The molecule has 2 N–H and O–H groups in total. The van der Waals surface area contributed by atoms with Gasteiger partial charge in [-0.05, 0) is 6.08 Å². The van der Waals surface area contributed by atoms with Crippen LogP contribution in [0.2, 0.25) is 0 Å². The number of carbonyl (C=O) groups is 2. The van der Waals surface area contributed by atoms with Gasteiger partial charge in [-0.15, -0.1) is 0 Å². The molecule has 1 unspecified atom stereocenters. The number of aliphatic imine (C=N–C) groups is 1. The molecule has 0 saturated heterocycles. The summed E-state index contributed by atoms with van der Waals surface area (Å²) in [5.41, 5.74) is 0. The third-order valence-electron chi connectivity index (χ3n) is 1.40. The van der Waals surface area contributed by atoms with Crippen LogP contribution in [-0.4, -0.2) is 41.1 Å². The van der Waals surface area contributed by atoms with Crippen LogP contribution in [0.4, 0.5) is 13.2 Å². The van der Waals surface area contributed by atoms with Gasteiger partial charge in [0.05, 0.1) is 12.5 Å². The highest BCUT2D eigenvalue weighted by molar-refractivity contribution is 5.79. The van der Waals surface area contributed by atoms with E-state index in [0.29, 0.717) is 6.54 Å². The summed E-state index contributed by atoms with van der Waals surface area (Å²) in [6.07, 6.45) is -0.183. The van der Waals surface area contributed by atoms with Crippen LogP contribution < -0.4 is 0 Å². The van der Waals surface area contributed by atoms with Crippen molar-refractivity contribution in [3.8, 4) is 0 Å². The molecule has 90 valence electrons. The summed E-state index contributed by atoms with van der Waals surface area (Å²) in [4.78, 5) is 22.9. The molecule has 1 atom stereocenters. The summed E-state index contributed by atoms with van der Waals surface area (Å²) in [6.45, 7) is 0.381. The Labute approximate surface area is 87.9 Å². The zero-order chi connectivity index (χ0) is 12.8. The van der Waals surface area contributed by atoms with E-state index in [2.05, 4.69) is 4.99 Å². The number of aliphatic carboxylic acids is 2. The van der Waals surface area contributed by atoms with Gasteiger partial charge in [0.2, 0.25) is 0 Å². The van der Waals surface area contributed by atoms with Crippen molar-refractivity contribution in [1.82, 2.24) is 0 Å². The van der Waals surface area contributed by atoms with Crippen molar-refractivity contribution >= 4 is 18.2 Å². The van der Waals surface area contributed by atoms with Crippen molar-refractivity contribution in [2.24, 2.45) is 10.9 Å². The van der Waals surface area contributed by atoms with E-state index in [1.807, 2.05) is 0 Å². The van der Waals surface area contributed by atoms with E-state index in [9.17, 15) is 18.0 Å². The fourth-order valence-electron chi connectivity index (χ4n) is 0.640. The Morgan fingerprint density at radius 1 is 1.31 bits per heavy atom. The molecule has 8 heteroatoms. The number of rotatable bonds is 1. The van der Waals surface area contributed by atoms with Gasteiger partial charge in [-0.2, -0.15) is 13.2 Å². The number of hydrogen-bond donors (Lipinski definition) is 2. The molecular weight excluding hydrogens is 231 g/mol. The molecule has 1 heterocycles. The lowest BCUT2D eigenvalue weighted by Crippen LogP contribution is -2.21. The van der Waals surface area contributed by atoms with Crippen molar-refractivity contribution in [3.05, 3.63) is 12.2 Å². The van der Waals surface area contributed by atoms with Gasteiger partial charge in [-0.3, -0.25) is 9.79 Å². The zero-order valence-electron chi connectivity index (χ0n) is 7.81. The van der Waals surface area contributed by atoms with E-state index >= 15 is 0 Å². The van der Waals surface area contributed by atoms with Crippen LogP contribution in [0.1, 0.15) is 0 Å². The van der Waals surface area contributed by atoms with E-state index in [0.717, 1.165) is 0 Å². The van der Waals surface area contributed by atoms with Crippen LogP contribution in [-0.2, 0) is 9.59 Å². The smallest absolute Gasteiger partial charge is 0.481 e. The summed E-state index contributed by atoms with van der Waals surface area (Å²) in [5, 5.41) is 15.5. The van der Waals surface area contributed by atoms with Crippen molar-refractivity contribution in [2.45, 2.75) is 6.18 Å². The number of allylic oxidation sites excluding steroid dienone is 1. The number of nitrogens with zero attached hydrogens (tertiary/aromatic N) is 1. The van der Waals surface area contributed by atoms with E-state index in [1.54, 1.807) is 18.4 Å². The summed E-state index contributed by atoms with van der Waals surface area (Å²) in [7, 11) is 0. The molecule has 0 amide bonds. The molecule has 0 spiro atoms. The van der Waals surface area contributed by atoms with Crippen LogP contribution in [0.5, 0.6) is 0 Å². The number of dihydropyridines is 1. The normalized spacial score (nSPS) is 18.6. The van der Waals surface area contributed by atoms with Gasteiger partial charge in [0.15, 0.2) is 0 Å². The summed E-state index contributed by atoms with van der Waals surface area (Å²) in [5.74, 6) is -3.97. The van der Waals surface area contributed by atoms with Crippen molar-refractivity contribution in [2.75, 3.05) is 6.54 Å². The van der Waals surface area contributed by atoms with Gasteiger partial charge < -0.3 is 10.2 Å². The van der Waals surface area contributed by atoms with Crippen LogP contribution >= 0.6 is 0 Å². The predicted octanol–water partition coefficient (Wildman–Crippen LogP) is 0.961. The van der Waals surface area contributed by atoms with E-state index < -0.39 is 24.0 Å². The molecule has 1 aliphatic heterocycles. The SMILES string of the molecule is O=C(O)C(F)(F)F.O=C(O)C1C=CC=NC1. The molecule has 0 fully saturated rings. The Morgan fingerprint density at radius 3 is 2.00 bits per heavy atom. The first-order chi connectivity index (χ1) is 7.25. The quantitative estimate of drug-likeness (QED) is 0.713. The van der Waals surface area contributed by atoms with E-state index in [1.165, 1.54) is 0 Å². The van der Waals surface area contributed by atoms with Crippen LogP contribution in [0.15, 0.2) is 17.1 Å². The standard InChI is InChI=1S/C6H7NO2.C2HF3O2/c8-6(9)5-2-1-3-7-4-5;3-2(4,5)1(6)7/h1-3,5H,4H2,(H,8,9);(H,6,7). The summed E-state index contributed by atoms with van der Waals surface area (Å²) in [6, 6.07) is 0. The highest BCUT2D eigenvalue weighted by atomic mass is 19.4. The first kappa shape index (κ1) is 14.1. The Bertz CT molecular complexity index is 322. The van der Waals surface area contributed by atoms with Gasteiger partial charge >= 0.3 is 18.1 Å². The fraction of sp³-hybridized carbons (Fsp3) is 0.375. The van der Waals surface area contributed by atoms with Crippen molar-refractivity contribution < 1.29 is 33.0 Å². The first-order valence-corrected chi connectivity index (χ1v) is 3.94. The maximum absolute atomic E-state index is 10.6. The van der Waals surface area contributed by atoms with Gasteiger partial charge in [0, 0.05) is 6.21 Å². The van der Waals surface area contributed by atoms with Gasteiger partial charge in [-0.1, -0.05) is 6.08 Å². The molecule has 16 heavy (non-hydrogen) atoms. The fourth-order valence-corrected chi connectivity index (χ4v) is 0.640. The number of halogens is 3. The lowest BCUT2D eigenvalue weighted by molar-refractivity contribution is -0.192. The first-order valence-electron chi connectivity index (χ1n) is 3.94. The molecule has 0 aromatic carbocycles. The minimum atomic E-state index is -5.08. The molecule has 1 aliphatic rings. The molecule has 0 aliphatic carbocycles. The van der Waals surface area contributed by atoms with E-state index in [-0.39, 0.29) is 0 Å². The minimum Gasteiger partial charge on any atom is -0.481 e. The molecule has 0 aromatic rings. The summed E-state index contributed by atoms with van der Waals surface area (Å²) >= 11 is 0. The number of hydrogen-bond acceptors (Lipinski definition) is 3. The highest BCUT2D eigenvalue weighted by Crippen LogP contribution is 2.13. The predicted molar refractivity (Wildman–Crippen MR) is 47.3 cm³/mol. The number of alkyl halides is 3. The minimum absolute atomic E-state index is 0.381. The van der Waals surface area contributed by atoms with Crippen molar-refractivity contribution in [1.29, 1.82) is 0 Å². The molecule has 0 radical (unpaired) electrons. The molecule has 0 bridgehead atoms. The molecule has 0 aromatic heterocycles. The zero-order valence-corrected chi connectivity index (χ0v) is 7.81. The Kier molecular flexibility index (Phi) is 5.20. The lowest BCUT2D eigenvalue weighted by Gasteiger charge is -2.04. The maximum Gasteiger partial charge on any atom is 0.490 e. The molecule has 5 nitrogen and oxygen atoms in total. The number of carboxylic acids is 2. The van der Waals surface area contributed by atoms with Gasteiger partial charge in [0.1, 0.15) is 0 Å². The maximum atomic E-state index is 10.6.